The largest absolute Gasteiger partial charge is 0.492 e. The predicted molar refractivity (Wildman–Crippen MR) is 62.8 cm³/mol. The number of hydrogen-bond donors (Lipinski definition) is 2. The van der Waals surface area contributed by atoms with Crippen molar-refractivity contribution in [1.29, 1.82) is 0 Å². The minimum atomic E-state index is 0.192. The molecule has 0 aromatic heterocycles. The molecule has 0 fully saturated rings. The molecule has 0 saturated heterocycles. The molecule has 0 aliphatic carbocycles. The lowest BCUT2D eigenvalue weighted by Crippen LogP contribution is -2.27. The highest BCUT2D eigenvalue weighted by Gasteiger charge is 2.12. The van der Waals surface area contributed by atoms with E-state index in [0.29, 0.717) is 13.2 Å². The lowest BCUT2D eigenvalue weighted by atomic mass is 9.87. The highest BCUT2D eigenvalue weighted by Crippen LogP contribution is 2.24. The number of hydrogen-bond acceptors (Lipinski definition) is 3. The van der Waals surface area contributed by atoms with Crippen molar-refractivity contribution in [3.05, 3.63) is 29.8 Å². The molecule has 1 rings (SSSR count). The van der Waals surface area contributed by atoms with Crippen LogP contribution in [0.5, 0.6) is 5.75 Å². The molecule has 0 bridgehead atoms. The van der Waals surface area contributed by atoms with Crippen molar-refractivity contribution in [3.8, 4) is 5.75 Å². The van der Waals surface area contributed by atoms with Gasteiger partial charge in [0.05, 0.1) is 0 Å². The number of ether oxygens (including phenoxy) is 1. The molecule has 84 valence electrons. The van der Waals surface area contributed by atoms with Crippen LogP contribution in [0.15, 0.2) is 24.3 Å². The summed E-state index contributed by atoms with van der Waals surface area (Å²) in [6.45, 7) is 7.83. The Labute approximate surface area is 91.6 Å². The molecule has 1 aromatic rings. The molecule has 0 saturated carbocycles. The third kappa shape index (κ3) is 3.90. The van der Waals surface area contributed by atoms with Crippen LogP contribution in [-0.4, -0.2) is 13.2 Å². The van der Waals surface area contributed by atoms with Gasteiger partial charge in [0.15, 0.2) is 0 Å². The molecule has 0 aliphatic heterocycles. The maximum atomic E-state index is 5.47. The first-order valence-corrected chi connectivity index (χ1v) is 5.21. The summed E-state index contributed by atoms with van der Waals surface area (Å²) in [7, 11) is 0. The van der Waals surface area contributed by atoms with Gasteiger partial charge in [0.1, 0.15) is 12.4 Å². The zero-order valence-electron chi connectivity index (χ0n) is 9.71. The minimum Gasteiger partial charge on any atom is -0.492 e. The molecule has 15 heavy (non-hydrogen) atoms. The van der Waals surface area contributed by atoms with Crippen LogP contribution in [0.25, 0.3) is 0 Å². The molecule has 0 unspecified atom stereocenters. The molecule has 0 spiro atoms. The fourth-order valence-electron chi connectivity index (χ4n) is 1.28. The highest BCUT2D eigenvalue weighted by atomic mass is 16.5. The van der Waals surface area contributed by atoms with Crippen LogP contribution in [-0.2, 0) is 5.41 Å². The Morgan fingerprint density at radius 1 is 1.20 bits per heavy atom. The number of hydrazine groups is 1. The summed E-state index contributed by atoms with van der Waals surface area (Å²) >= 11 is 0. The van der Waals surface area contributed by atoms with Crippen molar-refractivity contribution in [2.24, 2.45) is 5.84 Å². The molecule has 1 aromatic carbocycles. The molecule has 3 N–H and O–H groups in total. The standard InChI is InChI=1S/C12H20N2O/c1-12(2,3)10-4-6-11(7-5-10)15-9-8-14-13/h4-7,14H,8-9,13H2,1-3H3. The Morgan fingerprint density at radius 2 is 1.80 bits per heavy atom. The third-order valence-corrected chi connectivity index (χ3v) is 2.24. The Kier molecular flexibility index (Phi) is 4.12. The van der Waals surface area contributed by atoms with Gasteiger partial charge in [0, 0.05) is 6.54 Å². The number of benzene rings is 1. The first-order chi connectivity index (χ1) is 7.04. The van der Waals surface area contributed by atoms with E-state index in [4.69, 9.17) is 10.6 Å². The first-order valence-electron chi connectivity index (χ1n) is 5.21. The van der Waals surface area contributed by atoms with Gasteiger partial charge in [-0.2, -0.15) is 0 Å². The molecular weight excluding hydrogens is 188 g/mol. The van der Waals surface area contributed by atoms with Gasteiger partial charge >= 0.3 is 0 Å². The molecule has 0 amide bonds. The Balaban J connectivity index is 2.57. The van der Waals surface area contributed by atoms with Gasteiger partial charge in [-0.25, -0.2) is 0 Å². The molecule has 3 heteroatoms. The predicted octanol–water partition coefficient (Wildman–Crippen LogP) is 1.83. The summed E-state index contributed by atoms with van der Waals surface area (Å²) in [5, 5.41) is 0. The van der Waals surface area contributed by atoms with E-state index in [-0.39, 0.29) is 5.41 Å². The summed E-state index contributed by atoms with van der Waals surface area (Å²) in [6, 6.07) is 8.20. The van der Waals surface area contributed by atoms with Crippen molar-refractivity contribution in [2.75, 3.05) is 13.2 Å². The summed E-state index contributed by atoms with van der Waals surface area (Å²) < 4.78 is 5.47. The van der Waals surface area contributed by atoms with Crippen LogP contribution < -0.4 is 16.0 Å². The average Bonchev–Trinajstić information content (AvgIpc) is 2.18. The lowest BCUT2D eigenvalue weighted by Gasteiger charge is -2.19. The van der Waals surface area contributed by atoms with Crippen LogP contribution in [0.3, 0.4) is 0 Å². The van der Waals surface area contributed by atoms with Crippen molar-refractivity contribution in [1.82, 2.24) is 5.43 Å². The molecule has 0 aliphatic rings. The van der Waals surface area contributed by atoms with Crippen molar-refractivity contribution in [3.63, 3.8) is 0 Å². The van der Waals surface area contributed by atoms with Crippen molar-refractivity contribution in [2.45, 2.75) is 26.2 Å². The van der Waals surface area contributed by atoms with Crippen LogP contribution in [0.1, 0.15) is 26.3 Å². The molecule has 0 atom stereocenters. The van der Waals surface area contributed by atoms with E-state index < -0.39 is 0 Å². The first kappa shape index (κ1) is 12.0. The molecule has 0 radical (unpaired) electrons. The van der Waals surface area contributed by atoms with Crippen LogP contribution in [0, 0.1) is 0 Å². The van der Waals surface area contributed by atoms with E-state index in [9.17, 15) is 0 Å². The Morgan fingerprint density at radius 3 is 2.27 bits per heavy atom. The van der Waals surface area contributed by atoms with E-state index in [2.05, 4.69) is 38.3 Å². The summed E-state index contributed by atoms with van der Waals surface area (Å²) in [5.74, 6) is 6.03. The average molecular weight is 208 g/mol. The van der Waals surface area contributed by atoms with E-state index in [1.54, 1.807) is 0 Å². The maximum absolute atomic E-state index is 5.47. The summed E-state index contributed by atoms with van der Waals surface area (Å²) in [5.41, 5.74) is 4.05. The van der Waals surface area contributed by atoms with Crippen LogP contribution in [0.4, 0.5) is 0 Å². The van der Waals surface area contributed by atoms with E-state index in [1.807, 2.05) is 12.1 Å². The minimum absolute atomic E-state index is 0.192. The smallest absolute Gasteiger partial charge is 0.119 e. The zero-order valence-corrected chi connectivity index (χ0v) is 9.71. The van der Waals surface area contributed by atoms with Crippen LogP contribution >= 0.6 is 0 Å². The van der Waals surface area contributed by atoms with Gasteiger partial charge in [0.25, 0.3) is 0 Å². The quantitative estimate of drug-likeness (QED) is 0.451. The van der Waals surface area contributed by atoms with E-state index in [0.717, 1.165) is 5.75 Å². The van der Waals surface area contributed by atoms with Gasteiger partial charge in [-0.3, -0.25) is 11.3 Å². The summed E-state index contributed by atoms with van der Waals surface area (Å²) in [6.07, 6.45) is 0. The SMILES string of the molecule is CC(C)(C)c1ccc(OCCNN)cc1. The normalized spacial score (nSPS) is 11.5. The Bertz CT molecular complexity index is 287. The second-order valence-electron chi connectivity index (χ2n) is 4.58. The van der Waals surface area contributed by atoms with E-state index >= 15 is 0 Å². The maximum Gasteiger partial charge on any atom is 0.119 e. The molecular formula is C12H20N2O. The summed E-state index contributed by atoms with van der Waals surface area (Å²) in [4.78, 5) is 0. The second-order valence-corrected chi connectivity index (χ2v) is 4.58. The number of rotatable bonds is 4. The fraction of sp³-hybridized carbons (Fsp3) is 0.500. The topological polar surface area (TPSA) is 47.3 Å². The van der Waals surface area contributed by atoms with Gasteiger partial charge in [-0.1, -0.05) is 32.9 Å². The zero-order chi connectivity index (χ0) is 11.3. The van der Waals surface area contributed by atoms with Gasteiger partial charge in [-0.05, 0) is 23.1 Å². The highest BCUT2D eigenvalue weighted by molar-refractivity contribution is 5.31. The van der Waals surface area contributed by atoms with Crippen LogP contribution in [0.2, 0.25) is 0 Å². The Hall–Kier alpha value is -1.06. The second kappa shape index (κ2) is 5.14. The third-order valence-electron chi connectivity index (χ3n) is 2.24. The lowest BCUT2D eigenvalue weighted by molar-refractivity contribution is 0.315. The fourth-order valence-corrected chi connectivity index (χ4v) is 1.28. The van der Waals surface area contributed by atoms with E-state index in [1.165, 1.54) is 5.56 Å². The molecule has 0 heterocycles. The molecule has 3 nitrogen and oxygen atoms in total. The van der Waals surface area contributed by atoms with Gasteiger partial charge < -0.3 is 4.74 Å². The van der Waals surface area contributed by atoms with Crippen molar-refractivity contribution >= 4 is 0 Å². The number of nitrogens with two attached hydrogens (primary N) is 1. The monoisotopic (exact) mass is 208 g/mol. The van der Waals surface area contributed by atoms with Gasteiger partial charge in [-0.15, -0.1) is 0 Å². The number of nitrogens with one attached hydrogen (secondary N) is 1. The van der Waals surface area contributed by atoms with Crippen molar-refractivity contribution < 1.29 is 4.74 Å². The van der Waals surface area contributed by atoms with Gasteiger partial charge in [0.2, 0.25) is 0 Å².